The molecule has 4 N–H and O–H groups in total. The van der Waals surface area contributed by atoms with Crippen molar-refractivity contribution in [3.63, 3.8) is 0 Å². The molecule has 0 aliphatic heterocycles. The lowest BCUT2D eigenvalue weighted by atomic mass is 9.89. The highest BCUT2D eigenvalue weighted by atomic mass is 79.9. The summed E-state index contributed by atoms with van der Waals surface area (Å²) < 4.78 is 6.54. The number of hydrogen-bond acceptors (Lipinski definition) is 5. The fourth-order valence-electron chi connectivity index (χ4n) is 3.55. The lowest BCUT2D eigenvalue weighted by Gasteiger charge is -2.12. The molecule has 0 spiro atoms. The molecule has 4 rings (SSSR count). The highest BCUT2D eigenvalue weighted by Gasteiger charge is 2.31. The van der Waals surface area contributed by atoms with Gasteiger partial charge in [-0.25, -0.2) is 0 Å². The molecule has 11 heteroatoms. The van der Waals surface area contributed by atoms with E-state index in [2.05, 4.69) is 36.3 Å². The summed E-state index contributed by atoms with van der Waals surface area (Å²) in [5, 5.41) is 22.0. The van der Waals surface area contributed by atoms with Crippen molar-refractivity contribution in [1.82, 2.24) is 20.4 Å². The molecule has 0 unspecified atom stereocenters. The maximum absolute atomic E-state index is 12.5. The Labute approximate surface area is 176 Å². The number of furan rings is 1. The van der Waals surface area contributed by atoms with E-state index in [1.54, 1.807) is 38.1 Å². The van der Waals surface area contributed by atoms with E-state index in [0.29, 0.717) is 32.7 Å². The average molecular weight is 474 g/mol. The largest absolute Gasteiger partial charge is 0.460 e. The number of aryl methyl sites for hydroxylation is 2. The molecule has 0 aliphatic carbocycles. The maximum atomic E-state index is 12.5. The lowest BCUT2D eigenvalue weighted by Crippen LogP contribution is -2.19. The Balaban J connectivity index is 1.92. The van der Waals surface area contributed by atoms with E-state index in [0.717, 1.165) is 0 Å². The Bertz CT molecular complexity index is 1320. The topological polar surface area (TPSA) is 154 Å². The van der Waals surface area contributed by atoms with Gasteiger partial charge in [-0.3, -0.25) is 29.9 Å². The van der Waals surface area contributed by atoms with Gasteiger partial charge in [0.25, 0.3) is 16.8 Å². The van der Waals surface area contributed by atoms with E-state index in [4.69, 9.17) is 4.42 Å². The van der Waals surface area contributed by atoms with Gasteiger partial charge in [0.1, 0.15) is 11.5 Å². The van der Waals surface area contributed by atoms with Gasteiger partial charge in [0.2, 0.25) is 0 Å². The van der Waals surface area contributed by atoms with E-state index in [-0.39, 0.29) is 28.1 Å². The molecule has 3 aromatic heterocycles. The third kappa shape index (κ3) is 3.22. The normalized spacial score (nSPS) is 11.3. The molecule has 4 aromatic rings. The maximum Gasteiger partial charge on any atom is 0.281 e. The number of nitrogens with zero attached hydrogens (tertiary/aromatic N) is 1. The van der Waals surface area contributed by atoms with Gasteiger partial charge in [-0.1, -0.05) is 15.9 Å². The van der Waals surface area contributed by atoms with Crippen molar-refractivity contribution in [3.8, 4) is 11.3 Å². The second kappa shape index (κ2) is 7.34. The van der Waals surface area contributed by atoms with E-state index >= 15 is 0 Å². The SMILES string of the molecule is Cc1[nH][nH]c(=O)c1C(c1ccc(-c2ccc(Br)cc2[N+](=O)[O-])o1)c1c(C)[nH][nH]c1=O. The first kappa shape index (κ1) is 19.7. The van der Waals surface area contributed by atoms with Crippen molar-refractivity contribution >= 4 is 21.6 Å². The number of halogens is 1. The molecule has 1 aromatic carbocycles. The predicted molar refractivity (Wildman–Crippen MR) is 112 cm³/mol. The Hall–Kier alpha value is -3.60. The number of hydrogen-bond donors (Lipinski definition) is 4. The number of nitro benzene ring substituents is 1. The second-order valence-electron chi connectivity index (χ2n) is 6.79. The van der Waals surface area contributed by atoms with Crippen LogP contribution in [0.25, 0.3) is 11.3 Å². The fourth-order valence-corrected chi connectivity index (χ4v) is 3.90. The van der Waals surface area contributed by atoms with E-state index < -0.39 is 10.8 Å². The minimum atomic E-state index is -0.807. The number of rotatable bonds is 5. The Morgan fingerprint density at radius 3 is 2.07 bits per heavy atom. The van der Waals surface area contributed by atoms with Crippen LogP contribution in [-0.4, -0.2) is 25.3 Å². The van der Waals surface area contributed by atoms with Crippen molar-refractivity contribution in [1.29, 1.82) is 0 Å². The van der Waals surface area contributed by atoms with Crippen LogP contribution in [0.5, 0.6) is 0 Å². The molecule has 0 atom stereocenters. The van der Waals surface area contributed by atoms with Crippen LogP contribution < -0.4 is 11.1 Å². The molecular formula is C19H16BrN5O5. The van der Waals surface area contributed by atoms with Crippen LogP contribution in [0, 0.1) is 24.0 Å². The molecule has 0 saturated carbocycles. The molecule has 30 heavy (non-hydrogen) atoms. The number of benzene rings is 1. The average Bonchev–Trinajstić information content (AvgIpc) is 3.39. The summed E-state index contributed by atoms with van der Waals surface area (Å²) in [4.78, 5) is 36.0. The van der Waals surface area contributed by atoms with Crippen LogP contribution >= 0.6 is 15.9 Å². The zero-order valence-electron chi connectivity index (χ0n) is 15.8. The Morgan fingerprint density at radius 2 is 1.57 bits per heavy atom. The Morgan fingerprint density at radius 1 is 0.967 bits per heavy atom. The molecule has 154 valence electrons. The van der Waals surface area contributed by atoms with Gasteiger partial charge in [0.15, 0.2) is 0 Å². The predicted octanol–water partition coefficient (Wildman–Crippen LogP) is 3.45. The Kier molecular flexibility index (Phi) is 4.82. The van der Waals surface area contributed by atoms with E-state index in [9.17, 15) is 19.7 Å². The van der Waals surface area contributed by atoms with Crippen LogP contribution in [-0.2, 0) is 0 Å². The van der Waals surface area contributed by atoms with Crippen molar-refractivity contribution < 1.29 is 9.34 Å². The minimum absolute atomic E-state index is 0.131. The first-order valence-corrected chi connectivity index (χ1v) is 9.65. The summed E-state index contributed by atoms with van der Waals surface area (Å²) in [7, 11) is 0. The van der Waals surface area contributed by atoms with Gasteiger partial charge in [0, 0.05) is 21.9 Å². The standard InChI is InChI=1S/C19H16BrN5O5/c1-8-15(18(26)23-21-8)17(16-9(2)22-24-19(16)27)14-6-5-13(30-14)11-4-3-10(20)7-12(11)25(28)29/h3-7,17H,1-2H3,(H2,21,23,26)(H2,22,24,27). The van der Waals surface area contributed by atoms with Gasteiger partial charge in [-0.05, 0) is 38.1 Å². The quantitative estimate of drug-likeness (QED) is 0.258. The van der Waals surface area contributed by atoms with E-state index in [1.165, 1.54) is 6.07 Å². The molecule has 0 radical (unpaired) electrons. The third-order valence-electron chi connectivity index (χ3n) is 4.93. The number of aromatic nitrogens is 4. The van der Waals surface area contributed by atoms with Crippen LogP contribution in [0.1, 0.15) is 34.2 Å². The van der Waals surface area contributed by atoms with Gasteiger partial charge in [-0.2, -0.15) is 0 Å². The summed E-state index contributed by atoms with van der Waals surface area (Å²) in [6, 6.07) is 7.83. The molecule has 3 heterocycles. The second-order valence-corrected chi connectivity index (χ2v) is 7.70. The van der Waals surface area contributed by atoms with Crippen molar-refractivity contribution in [3.05, 3.63) is 93.9 Å². The smallest absolute Gasteiger partial charge is 0.281 e. The summed E-state index contributed by atoms with van der Waals surface area (Å²) >= 11 is 3.23. The number of H-pyrrole nitrogens is 4. The van der Waals surface area contributed by atoms with Gasteiger partial charge in [0.05, 0.1) is 27.5 Å². The highest BCUT2D eigenvalue weighted by molar-refractivity contribution is 9.10. The zero-order valence-corrected chi connectivity index (χ0v) is 17.4. The molecule has 0 amide bonds. The van der Waals surface area contributed by atoms with Crippen molar-refractivity contribution in [2.75, 3.05) is 0 Å². The molecule has 0 bridgehead atoms. The summed E-state index contributed by atoms with van der Waals surface area (Å²) in [5.74, 6) is -0.245. The molecular weight excluding hydrogens is 458 g/mol. The van der Waals surface area contributed by atoms with Gasteiger partial charge < -0.3 is 14.6 Å². The number of nitro groups is 1. The van der Waals surface area contributed by atoms with E-state index in [1.807, 2.05) is 0 Å². The lowest BCUT2D eigenvalue weighted by molar-refractivity contribution is -0.384. The zero-order chi connectivity index (χ0) is 21.6. The summed E-state index contributed by atoms with van der Waals surface area (Å²) in [6.45, 7) is 3.42. The van der Waals surface area contributed by atoms with Crippen LogP contribution in [0.3, 0.4) is 0 Å². The fraction of sp³-hybridized carbons (Fsp3) is 0.158. The third-order valence-corrected chi connectivity index (χ3v) is 5.43. The van der Waals surface area contributed by atoms with Gasteiger partial charge in [-0.15, -0.1) is 0 Å². The van der Waals surface area contributed by atoms with Crippen LogP contribution in [0.2, 0.25) is 0 Å². The van der Waals surface area contributed by atoms with Crippen LogP contribution in [0.15, 0.2) is 48.8 Å². The molecule has 0 aliphatic rings. The molecule has 0 fully saturated rings. The number of nitrogens with one attached hydrogen (secondary N) is 4. The van der Waals surface area contributed by atoms with Crippen LogP contribution in [0.4, 0.5) is 5.69 Å². The first-order chi connectivity index (χ1) is 14.3. The number of aromatic amines is 4. The van der Waals surface area contributed by atoms with Gasteiger partial charge >= 0.3 is 0 Å². The highest BCUT2D eigenvalue weighted by Crippen LogP contribution is 2.38. The minimum Gasteiger partial charge on any atom is -0.460 e. The molecule has 0 saturated heterocycles. The van der Waals surface area contributed by atoms with Crippen molar-refractivity contribution in [2.45, 2.75) is 19.8 Å². The first-order valence-electron chi connectivity index (χ1n) is 8.86. The van der Waals surface area contributed by atoms with Crippen molar-refractivity contribution in [2.24, 2.45) is 0 Å². The summed E-state index contributed by atoms with van der Waals surface area (Å²) in [5.41, 5.74) is 1.15. The monoisotopic (exact) mass is 473 g/mol. The molecule has 10 nitrogen and oxygen atoms in total. The summed E-state index contributed by atoms with van der Waals surface area (Å²) in [6.07, 6.45) is 0.